The first-order valence-corrected chi connectivity index (χ1v) is 8.98. The summed E-state index contributed by atoms with van der Waals surface area (Å²) < 4.78 is 0.814. The molecule has 1 heterocycles. The van der Waals surface area contributed by atoms with Gasteiger partial charge in [-0.1, -0.05) is 53.4 Å². The molecule has 1 saturated carbocycles. The number of carbonyl (C=O) groups is 1. The predicted molar refractivity (Wildman–Crippen MR) is 90.2 cm³/mol. The number of rotatable bonds is 7. The summed E-state index contributed by atoms with van der Waals surface area (Å²) >= 11 is 2.94. The van der Waals surface area contributed by atoms with E-state index in [1.807, 2.05) is 25.1 Å². The van der Waals surface area contributed by atoms with Crippen molar-refractivity contribution in [3.63, 3.8) is 0 Å². The zero-order valence-electron chi connectivity index (χ0n) is 12.3. The van der Waals surface area contributed by atoms with E-state index in [2.05, 4.69) is 33.0 Å². The van der Waals surface area contributed by atoms with Gasteiger partial charge in [-0.05, 0) is 25.3 Å². The molecule has 1 amide bonds. The molecule has 0 radical (unpaired) electrons. The first kappa shape index (κ1) is 15.3. The van der Waals surface area contributed by atoms with E-state index in [1.54, 1.807) is 0 Å². The average Bonchev–Trinajstić information content (AvgIpc) is 3.23. The van der Waals surface area contributed by atoms with Gasteiger partial charge in [0.05, 0.1) is 5.25 Å². The molecule has 22 heavy (non-hydrogen) atoms. The summed E-state index contributed by atoms with van der Waals surface area (Å²) in [5, 5.41) is 15.2. The summed E-state index contributed by atoms with van der Waals surface area (Å²) in [4.78, 5) is 11.9. The number of anilines is 1. The molecule has 2 aromatic rings. The first-order valence-electron chi connectivity index (χ1n) is 7.29. The first-order chi connectivity index (χ1) is 10.7. The standard InChI is InChI=1S/C15H18N4OS2/c1-10(13(20)17-12-7-8-12)21-15-19-18-14(22-15)16-9-11-5-3-2-4-6-11/h2-6,10,12H,7-9H2,1H3,(H,16,18)(H,17,20). The van der Waals surface area contributed by atoms with Gasteiger partial charge in [0.2, 0.25) is 11.0 Å². The molecule has 5 nitrogen and oxygen atoms in total. The lowest BCUT2D eigenvalue weighted by molar-refractivity contribution is -0.120. The van der Waals surface area contributed by atoms with Gasteiger partial charge >= 0.3 is 0 Å². The average molecular weight is 334 g/mol. The highest BCUT2D eigenvalue weighted by Crippen LogP contribution is 2.29. The predicted octanol–water partition coefficient (Wildman–Crippen LogP) is 2.91. The van der Waals surface area contributed by atoms with Crippen LogP contribution in [0.5, 0.6) is 0 Å². The van der Waals surface area contributed by atoms with Gasteiger partial charge in [0.1, 0.15) is 0 Å². The van der Waals surface area contributed by atoms with Crippen molar-refractivity contribution < 1.29 is 4.79 Å². The molecule has 1 aliphatic rings. The Kier molecular flexibility index (Phi) is 4.94. The number of benzene rings is 1. The molecule has 1 unspecified atom stereocenters. The van der Waals surface area contributed by atoms with Crippen LogP contribution in [-0.2, 0) is 11.3 Å². The minimum atomic E-state index is -0.143. The molecule has 0 spiro atoms. The van der Waals surface area contributed by atoms with Crippen LogP contribution in [-0.4, -0.2) is 27.4 Å². The lowest BCUT2D eigenvalue weighted by atomic mass is 10.2. The number of aromatic nitrogens is 2. The van der Waals surface area contributed by atoms with Crippen LogP contribution >= 0.6 is 23.1 Å². The number of thioether (sulfide) groups is 1. The van der Waals surface area contributed by atoms with Crippen molar-refractivity contribution in [3.05, 3.63) is 35.9 Å². The fraction of sp³-hybridized carbons (Fsp3) is 0.400. The SMILES string of the molecule is CC(Sc1nnc(NCc2ccccc2)s1)C(=O)NC1CC1. The molecule has 1 aromatic heterocycles. The second-order valence-corrected chi connectivity index (χ2v) is 7.82. The quantitative estimate of drug-likeness (QED) is 0.762. The highest BCUT2D eigenvalue weighted by atomic mass is 32.2. The summed E-state index contributed by atoms with van der Waals surface area (Å²) in [6, 6.07) is 10.5. The smallest absolute Gasteiger partial charge is 0.233 e. The Labute approximate surface area is 137 Å². The second-order valence-electron chi connectivity index (χ2n) is 5.26. The Balaban J connectivity index is 1.49. The maximum Gasteiger partial charge on any atom is 0.233 e. The molecular formula is C15H18N4OS2. The highest BCUT2D eigenvalue weighted by molar-refractivity contribution is 8.02. The monoisotopic (exact) mass is 334 g/mol. The lowest BCUT2D eigenvalue weighted by Gasteiger charge is -2.08. The lowest BCUT2D eigenvalue weighted by Crippen LogP contribution is -2.32. The van der Waals surface area contributed by atoms with E-state index in [1.165, 1.54) is 28.7 Å². The second kappa shape index (κ2) is 7.11. The van der Waals surface area contributed by atoms with Crippen LogP contribution in [0.25, 0.3) is 0 Å². The van der Waals surface area contributed by atoms with Crippen LogP contribution in [0, 0.1) is 0 Å². The van der Waals surface area contributed by atoms with Gasteiger partial charge in [0, 0.05) is 12.6 Å². The van der Waals surface area contributed by atoms with Gasteiger partial charge in [-0.2, -0.15) is 0 Å². The van der Waals surface area contributed by atoms with Crippen molar-refractivity contribution in [2.45, 2.75) is 41.9 Å². The normalized spacial score (nSPS) is 15.3. The number of hydrogen-bond donors (Lipinski definition) is 2. The number of amides is 1. The Morgan fingerprint density at radius 2 is 2.14 bits per heavy atom. The van der Waals surface area contributed by atoms with E-state index in [9.17, 15) is 4.79 Å². The van der Waals surface area contributed by atoms with Gasteiger partial charge < -0.3 is 10.6 Å². The molecular weight excluding hydrogens is 316 g/mol. The van der Waals surface area contributed by atoms with Gasteiger partial charge in [-0.25, -0.2) is 0 Å². The fourth-order valence-corrected chi connectivity index (χ4v) is 3.75. The molecule has 1 aliphatic carbocycles. The van der Waals surface area contributed by atoms with E-state index in [4.69, 9.17) is 0 Å². The fourth-order valence-electron chi connectivity index (χ4n) is 1.85. The minimum absolute atomic E-state index is 0.0847. The van der Waals surface area contributed by atoms with E-state index >= 15 is 0 Å². The number of nitrogens with one attached hydrogen (secondary N) is 2. The van der Waals surface area contributed by atoms with Crippen LogP contribution in [0.3, 0.4) is 0 Å². The number of nitrogens with zero attached hydrogens (tertiary/aromatic N) is 2. The molecule has 1 atom stereocenters. The summed E-state index contributed by atoms with van der Waals surface area (Å²) in [7, 11) is 0. The zero-order valence-corrected chi connectivity index (χ0v) is 13.9. The Morgan fingerprint density at radius 1 is 1.36 bits per heavy atom. The maximum absolute atomic E-state index is 11.9. The van der Waals surface area contributed by atoms with E-state index in [0.29, 0.717) is 6.04 Å². The third kappa shape index (κ3) is 4.45. The molecule has 3 rings (SSSR count). The molecule has 0 saturated heterocycles. The van der Waals surface area contributed by atoms with E-state index in [0.717, 1.165) is 28.9 Å². The van der Waals surface area contributed by atoms with Crippen molar-refractivity contribution in [1.29, 1.82) is 0 Å². The van der Waals surface area contributed by atoms with Crippen molar-refractivity contribution in [1.82, 2.24) is 15.5 Å². The Bertz CT molecular complexity index is 627. The van der Waals surface area contributed by atoms with Gasteiger partial charge in [0.15, 0.2) is 4.34 Å². The van der Waals surface area contributed by atoms with Gasteiger partial charge in [-0.3, -0.25) is 4.79 Å². The minimum Gasteiger partial charge on any atom is -0.356 e. The third-order valence-corrected chi connectivity index (χ3v) is 5.33. The van der Waals surface area contributed by atoms with Crippen LogP contribution in [0.2, 0.25) is 0 Å². The maximum atomic E-state index is 11.9. The summed E-state index contributed by atoms with van der Waals surface area (Å²) in [5.41, 5.74) is 1.20. The van der Waals surface area contributed by atoms with Crippen LogP contribution < -0.4 is 10.6 Å². The largest absolute Gasteiger partial charge is 0.356 e. The molecule has 0 aliphatic heterocycles. The van der Waals surface area contributed by atoms with Crippen molar-refractivity contribution in [2.75, 3.05) is 5.32 Å². The van der Waals surface area contributed by atoms with Crippen molar-refractivity contribution in [2.24, 2.45) is 0 Å². The van der Waals surface area contributed by atoms with Crippen molar-refractivity contribution in [3.8, 4) is 0 Å². The zero-order chi connectivity index (χ0) is 15.4. The van der Waals surface area contributed by atoms with Gasteiger partial charge in [0.25, 0.3) is 0 Å². The molecule has 0 bridgehead atoms. The molecule has 1 aromatic carbocycles. The Morgan fingerprint density at radius 3 is 2.86 bits per heavy atom. The number of hydrogen-bond acceptors (Lipinski definition) is 6. The Hall–Kier alpha value is -1.60. The summed E-state index contributed by atoms with van der Waals surface area (Å²) in [5.74, 6) is 0.0847. The van der Waals surface area contributed by atoms with Crippen molar-refractivity contribution >= 4 is 34.1 Å². The third-order valence-electron chi connectivity index (χ3n) is 3.26. The summed E-state index contributed by atoms with van der Waals surface area (Å²) in [6.07, 6.45) is 2.21. The van der Waals surface area contributed by atoms with Gasteiger partial charge in [-0.15, -0.1) is 10.2 Å². The molecule has 7 heteroatoms. The van der Waals surface area contributed by atoms with Crippen LogP contribution in [0.15, 0.2) is 34.7 Å². The van der Waals surface area contributed by atoms with E-state index < -0.39 is 0 Å². The van der Waals surface area contributed by atoms with Crippen LogP contribution in [0.1, 0.15) is 25.3 Å². The molecule has 1 fully saturated rings. The molecule has 2 N–H and O–H groups in total. The topological polar surface area (TPSA) is 66.9 Å². The summed E-state index contributed by atoms with van der Waals surface area (Å²) in [6.45, 7) is 2.62. The van der Waals surface area contributed by atoms with E-state index in [-0.39, 0.29) is 11.2 Å². The van der Waals surface area contributed by atoms with Crippen LogP contribution in [0.4, 0.5) is 5.13 Å². The number of carbonyl (C=O) groups excluding carboxylic acids is 1. The molecule has 116 valence electrons. The highest BCUT2D eigenvalue weighted by Gasteiger charge is 2.26.